The van der Waals surface area contributed by atoms with Crippen molar-refractivity contribution in [2.75, 3.05) is 13.7 Å². The van der Waals surface area contributed by atoms with Crippen LogP contribution in [-0.4, -0.2) is 36.5 Å². The lowest BCUT2D eigenvalue weighted by Gasteiger charge is -2.31. The van der Waals surface area contributed by atoms with Gasteiger partial charge < -0.3 is 9.64 Å². The largest absolute Gasteiger partial charge is 0.469 e. The van der Waals surface area contributed by atoms with Crippen LogP contribution in [-0.2, 0) is 9.53 Å². The summed E-state index contributed by atoms with van der Waals surface area (Å²) in [4.78, 5) is 26.4. The highest BCUT2D eigenvalue weighted by Gasteiger charge is 2.26. The van der Waals surface area contributed by atoms with Gasteiger partial charge in [0.05, 0.1) is 13.5 Å². The van der Waals surface area contributed by atoms with Crippen LogP contribution in [0.1, 0.15) is 55.3 Å². The van der Waals surface area contributed by atoms with Crippen molar-refractivity contribution in [2.24, 2.45) is 0 Å². The minimum Gasteiger partial charge on any atom is -0.469 e. The summed E-state index contributed by atoms with van der Waals surface area (Å²) in [5, 5.41) is 0. The number of ether oxygens (including phenoxy) is 1. The molecule has 5 heteroatoms. The third-order valence-electron chi connectivity index (χ3n) is 4.38. The Bertz CT molecular complexity index is 539. The van der Waals surface area contributed by atoms with E-state index in [1.165, 1.54) is 20.0 Å². The topological polar surface area (TPSA) is 46.6 Å². The van der Waals surface area contributed by atoms with Crippen LogP contribution in [0.25, 0.3) is 0 Å². The summed E-state index contributed by atoms with van der Waals surface area (Å²) in [6.45, 7) is 0.419. The average molecular weight is 382 g/mol. The molecule has 0 bridgehead atoms. The Morgan fingerprint density at radius 1 is 1.22 bits per heavy atom. The maximum absolute atomic E-state index is 13.0. The number of rotatable bonds is 5. The predicted octanol–water partition coefficient (Wildman–Crippen LogP) is 4.18. The number of halogens is 1. The van der Waals surface area contributed by atoms with Gasteiger partial charge in [-0.25, -0.2) is 0 Å². The maximum atomic E-state index is 13.0. The molecule has 0 saturated heterocycles. The van der Waals surface area contributed by atoms with Gasteiger partial charge in [-0.15, -0.1) is 0 Å². The number of nitrogens with zero attached hydrogens (tertiary/aromatic N) is 1. The molecule has 0 aromatic heterocycles. The number of hydrogen-bond acceptors (Lipinski definition) is 3. The minimum absolute atomic E-state index is 0.00195. The summed E-state index contributed by atoms with van der Waals surface area (Å²) in [6, 6.07) is 7.65. The van der Waals surface area contributed by atoms with Crippen molar-refractivity contribution in [3.8, 4) is 0 Å². The zero-order chi connectivity index (χ0) is 16.7. The van der Waals surface area contributed by atoms with Gasteiger partial charge in [0.1, 0.15) is 0 Å². The molecule has 0 aliphatic heterocycles. The summed E-state index contributed by atoms with van der Waals surface area (Å²) < 4.78 is 5.62. The van der Waals surface area contributed by atoms with E-state index in [1.54, 1.807) is 0 Å². The van der Waals surface area contributed by atoms with Crippen molar-refractivity contribution >= 4 is 27.8 Å². The Morgan fingerprint density at radius 2 is 1.91 bits per heavy atom. The second-order valence-corrected chi connectivity index (χ2v) is 6.90. The molecule has 126 valence electrons. The van der Waals surface area contributed by atoms with Crippen molar-refractivity contribution in [3.63, 3.8) is 0 Å². The minimum atomic E-state index is -0.273. The lowest BCUT2D eigenvalue weighted by atomic mass is 10.0. The van der Waals surface area contributed by atoms with E-state index in [2.05, 4.69) is 15.9 Å². The summed E-state index contributed by atoms with van der Waals surface area (Å²) in [5.74, 6) is -0.271. The van der Waals surface area contributed by atoms with Gasteiger partial charge >= 0.3 is 5.97 Å². The van der Waals surface area contributed by atoms with E-state index in [-0.39, 0.29) is 24.3 Å². The molecule has 1 aromatic rings. The molecule has 1 aliphatic rings. The van der Waals surface area contributed by atoms with Crippen LogP contribution in [0.2, 0.25) is 0 Å². The first-order valence-electron chi connectivity index (χ1n) is 8.25. The molecule has 0 N–H and O–H groups in total. The van der Waals surface area contributed by atoms with E-state index in [1.807, 2.05) is 29.2 Å². The van der Waals surface area contributed by atoms with E-state index in [0.717, 1.165) is 30.2 Å². The third-order valence-corrected chi connectivity index (χ3v) is 4.88. The summed E-state index contributed by atoms with van der Waals surface area (Å²) in [7, 11) is 1.38. The van der Waals surface area contributed by atoms with Crippen molar-refractivity contribution in [1.29, 1.82) is 0 Å². The van der Waals surface area contributed by atoms with Crippen molar-refractivity contribution < 1.29 is 14.3 Å². The maximum Gasteiger partial charge on any atom is 0.307 e. The molecule has 0 radical (unpaired) electrons. The van der Waals surface area contributed by atoms with E-state index < -0.39 is 0 Å². The first kappa shape index (κ1) is 18.0. The van der Waals surface area contributed by atoms with Gasteiger partial charge in [-0.3, -0.25) is 9.59 Å². The van der Waals surface area contributed by atoms with E-state index in [4.69, 9.17) is 4.74 Å². The summed E-state index contributed by atoms with van der Waals surface area (Å²) in [5.41, 5.74) is 0.661. The average Bonchev–Trinajstić information content (AvgIpc) is 2.84. The fraction of sp³-hybridized carbons (Fsp3) is 0.556. The fourth-order valence-electron chi connectivity index (χ4n) is 3.12. The smallest absolute Gasteiger partial charge is 0.307 e. The van der Waals surface area contributed by atoms with Gasteiger partial charge in [0.25, 0.3) is 5.91 Å². The number of hydrogen-bond donors (Lipinski definition) is 0. The first-order chi connectivity index (χ1) is 11.1. The van der Waals surface area contributed by atoms with E-state index in [9.17, 15) is 9.59 Å². The second kappa shape index (κ2) is 9.06. The predicted molar refractivity (Wildman–Crippen MR) is 93.3 cm³/mol. The fourth-order valence-corrected chi connectivity index (χ4v) is 3.52. The van der Waals surface area contributed by atoms with E-state index in [0.29, 0.717) is 12.1 Å². The van der Waals surface area contributed by atoms with Crippen molar-refractivity contribution in [1.82, 2.24) is 4.90 Å². The van der Waals surface area contributed by atoms with Crippen LogP contribution in [0.3, 0.4) is 0 Å². The van der Waals surface area contributed by atoms with Gasteiger partial charge in [0, 0.05) is 22.6 Å². The molecule has 1 fully saturated rings. The Labute approximate surface area is 146 Å². The molecule has 1 aliphatic carbocycles. The van der Waals surface area contributed by atoms with Crippen LogP contribution in [0.5, 0.6) is 0 Å². The van der Waals surface area contributed by atoms with Gasteiger partial charge in [0.2, 0.25) is 0 Å². The standard InChI is InChI=1S/C18H24BrNO3/c1-23-17(21)11-12-20(16-9-4-2-3-5-10-16)18(22)14-7-6-8-15(19)13-14/h6-8,13,16H,2-5,9-12H2,1H3. The molecular weight excluding hydrogens is 358 g/mol. The zero-order valence-corrected chi connectivity index (χ0v) is 15.2. The van der Waals surface area contributed by atoms with Crippen LogP contribution < -0.4 is 0 Å². The quantitative estimate of drug-likeness (QED) is 0.567. The lowest BCUT2D eigenvalue weighted by molar-refractivity contribution is -0.140. The normalized spacial score (nSPS) is 15.7. The molecule has 4 nitrogen and oxygen atoms in total. The molecule has 0 heterocycles. The highest BCUT2D eigenvalue weighted by atomic mass is 79.9. The van der Waals surface area contributed by atoms with Crippen LogP contribution in [0, 0.1) is 0 Å². The second-order valence-electron chi connectivity index (χ2n) is 5.98. The monoisotopic (exact) mass is 381 g/mol. The van der Waals surface area contributed by atoms with Crippen molar-refractivity contribution in [2.45, 2.75) is 51.0 Å². The van der Waals surface area contributed by atoms with Crippen LogP contribution >= 0.6 is 15.9 Å². The van der Waals surface area contributed by atoms with Gasteiger partial charge in [-0.1, -0.05) is 47.7 Å². The van der Waals surface area contributed by atoms with E-state index >= 15 is 0 Å². The SMILES string of the molecule is COC(=O)CCN(C(=O)c1cccc(Br)c1)C1CCCCCC1. The number of benzene rings is 1. The highest BCUT2D eigenvalue weighted by molar-refractivity contribution is 9.10. The Morgan fingerprint density at radius 3 is 2.52 bits per heavy atom. The summed E-state index contributed by atoms with van der Waals surface area (Å²) >= 11 is 3.42. The van der Waals surface area contributed by atoms with Crippen molar-refractivity contribution in [3.05, 3.63) is 34.3 Å². The van der Waals surface area contributed by atoms with Crippen LogP contribution in [0.15, 0.2) is 28.7 Å². The third kappa shape index (κ3) is 5.34. The first-order valence-corrected chi connectivity index (χ1v) is 9.04. The van der Waals surface area contributed by atoms with Gasteiger partial charge in [0.15, 0.2) is 0 Å². The highest BCUT2D eigenvalue weighted by Crippen LogP contribution is 2.24. The molecule has 0 atom stereocenters. The number of carbonyl (C=O) groups is 2. The molecule has 0 spiro atoms. The Kier molecular flexibility index (Phi) is 7.09. The molecular formula is C18H24BrNO3. The number of methoxy groups -OCH3 is 1. The molecule has 23 heavy (non-hydrogen) atoms. The number of carbonyl (C=O) groups excluding carboxylic acids is 2. The number of esters is 1. The molecule has 1 aromatic carbocycles. The summed E-state index contributed by atoms with van der Waals surface area (Å²) in [6.07, 6.45) is 7.02. The molecule has 1 saturated carbocycles. The molecule has 0 unspecified atom stereocenters. The van der Waals surface area contributed by atoms with Gasteiger partial charge in [-0.2, -0.15) is 0 Å². The number of amides is 1. The molecule has 2 rings (SSSR count). The lowest BCUT2D eigenvalue weighted by Crippen LogP contribution is -2.41. The van der Waals surface area contributed by atoms with Gasteiger partial charge in [-0.05, 0) is 31.0 Å². The Balaban J connectivity index is 2.16. The van der Waals surface area contributed by atoms with Crippen LogP contribution in [0.4, 0.5) is 0 Å². The Hall–Kier alpha value is -1.36. The molecule has 1 amide bonds. The zero-order valence-electron chi connectivity index (χ0n) is 13.6.